The summed E-state index contributed by atoms with van der Waals surface area (Å²) in [7, 11) is 0. The Labute approximate surface area is 168 Å². The van der Waals surface area contributed by atoms with Gasteiger partial charge in [-0.05, 0) is 65.7 Å². The molecule has 0 atom stereocenters. The fourth-order valence-electron chi connectivity index (χ4n) is 2.83. The van der Waals surface area contributed by atoms with Crippen molar-refractivity contribution in [2.75, 3.05) is 6.61 Å². The van der Waals surface area contributed by atoms with Crippen LogP contribution in [0.3, 0.4) is 0 Å². The van der Waals surface area contributed by atoms with Gasteiger partial charge in [-0.1, -0.05) is 54.2 Å². The SMILES string of the molecule is CCCCCCOc1ccc(C(=O)Oc2ccc3cc(Br)ccc3c2)cc1. The molecule has 0 aliphatic carbocycles. The lowest BCUT2D eigenvalue weighted by molar-refractivity contribution is 0.0735. The van der Waals surface area contributed by atoms with E-state index >= 15 is 0 Å². The molecule has 0 N–H and O–H groups in total. The molecule has 0 bridgehead atoms. The van der Waals surface area contributed by atoms with Crippen LogP contribution in [0, 0.1) is 0 Å². The number of unbranched alkanes of at least 4 members (excludes halogenated alkanes) is 3. The highest BCUT2D eigenvalue weighted by molar-refractivity contribution is 9.10. The number of hydrogen-bond acceptors (Lipinski definition) is 3. The van der Waals surface area contributed by atoms with Gasteiger partial charge in [-0.15, -0.1) is 0 Å². The Balaban J connectivity index is 1.58. The van der Waals surface area contributed by atoms with E-state index in [9.17, 15) is 4.79 Å². The topological polar surface area (TPSA) is 35.5 Å². The third-order valence-electron chi connectivity index (χ3n) is 4.34. The summed E-state index contributed by atoms with van der Waals surface area (Å²) in [4.78, 5) is 12.4. The monoisotopic (exact) mass is 426 g/mol. The average Bonchev–Trinajstić information content (AvgIpc) is 2.68. The van der Waals surface area contributed by atoms with Crippen molar-refractivity contribution in [1.82, 2.24) is 0 Å². The molecule has 3 nitrogen and oxygen atoms in total. The lowest BCUT2D eigenvalue weighted by Crippen LogP contribution is -2.08. The Morgan fingerprint density at radius 2 is 1.56 bits per heavy atom. The maximum absolute atomic E-state index is 12.4. The zero-order valence-corrected chi connectivity index (χ0v) is 17.0. The second-order valence-corrected chi connectivity index (χ2v) is 7.39. The maximum atomic E-state index is 12.4. The Bertz CT molecular complexity index is 903. The number of ether oxygens (including phenoxy) is 2. The molecule has 0 amide bonds. The van der Waals surface area contributed by atoms with Crippen LogP contribution >= 0.6 is 15.9 Å². The number of hydrogen-bond donors (Lipinski definition) is 0. The van der Waals surface area contributed by atoms with E-state index < -0.39 is 0 Å². The number of esters is 1. The van der Waals surface area contributed by atoms with Crippen LogP contribution in [-0.2, 0) is 0 Å². The van der Waals surface area contributed by atoms with E-state index in [1.807, 2.05) is 42.5 Å². The van der Waals surface area contributed by atoms with Crippen LogP contribution in [-0.4, -0.2) is 12.6 Å². The first-order valence-corrected chi connectivity index (χ1v) is 10.1. The molecule has 4 heteroatoms. The summed E-state index contributed by atoms with van der Waals surface area (Å²) in [5.41, 5.74) is 0.504. The number of fused-ring (bicyclic) bond motifs is 1. The molecule has 0 fully saturated rings. The first kappa shape index (κ1) is 19.4. The van der Waals surface area contributed by atoms with E-state index in [0.717, 1.165) is 27.4 Å². The van der Waals surface area contributed by atoms with E-state index in [2.05, 4.69) is 22.9 Å². The van der Waals surface area contributed by atoms with Gasteiger partial charge in [-0.2, -0.15) is 0 Å². The molecular weight excluding hydrogens is 404 g/mol. The van der Waals surface area contributed by atoms with Crippen molar-refractivity contribution in [3.63, 3.8) is 0 Å². The molecule has 27 heavy (non-hydrogen) atoms. The maximum Gasteiger partial charge on any atom is 0.343 e. The van der Waals surface area contributed by atoms with Crippen molar-refractivity contribution >= 4 is 32.7 Å². The number of carbonyl (C=O) groups is 1. The van der Waals surface area contributed by atoms with Gasteiger partial charge in [0.15, 0.2) is 0 Å². The van der Waals surface area contributed by atoms with Crippen molar-refractivity contribution < 1.29 is 14.3 Å². The Morgan fingerprint density at radius 1 is 0.852 bits per heavy atom. The summed E-state index contributed by atoms with van der Waals surface area (Å²) in [6.45, 7) is 2.90. The van der Waals surface area contributed by atoms with Crippen molar-refractivity contribution in [2.45, 2.75) is 32.6 Å². The van der Waals surface area contributed by atoms with Gasteiger partial charge in [0, 0.05) is 4.47 Å². The van der Waals surface area contributed by atoms with Gasteiger partial charge in [-0.25, -0.2) is 4.79 Å². The molecule has 0 saturated heterocycles. The molecule has 0 unspecified atom stereocenters. The van der Waals surface area contributed by atoms with Crippen LogP contribution in [0.2, 0.25) is 0 Å². The van der Waals surface area contributed by atoms with Crippen LogP contribution in [0.1, 0.15) is 43.0 Å². The lowest BCUT2D eigenvalue weighted by atomic mass is 10.1. The molecule has 0 heterocycles. The van der Waals surface area contributed by atoms with Gasteiger partial charge < -0.3 is 9.47 Å². The summed E-state index contributed by atoms with van der Waals surface area (Å²) in [5, 5.41) is 2.11. The van der Waals surface area contributed by atoms with Gasteiger partial charge in [0.25, 0.3) is 0 Å². The quantitative estimate of drug-likeness (QED) is 0.226. The largest absolute Gasteiger partial charge is 0.494 e. The number of carbonyl (C=O) groups excluding carboxylic acids is 1. The third-order valence-corrected chi connectivity index (χ3v) is 4.83. The van der Waals surface area contributed by atoms with E-state index in [1.54, 1.807) is 18.2 Å². The first-order valence-electron chi connectivity index (χ1n) is 9.30. The minimum atomic E-state index is -0.374. The summed E-state index contributed by atoms with van der Waals surface area (Å²) >= 11 is 3.46. The fourth-order valence-corrected chi connectivity index (χ4v) is 3.21. The average molecular weight is 427 g/mol. The molecular formula is C23H23BrO3. The number of halogens is 1. The van der Waals surface area contributed by atoms with Crippen LogP contribution in [0.25, 0.3) is 10.8 Å². The summed E-state index contributed by atoms with van der Waals surface area (Å²) < 4.78 is 12.2. The molecule has 0 aliphatic heterocycles. The lowest BCUT2D eigenvalue weighted by Gasteiger charge is -2.08. The second-order valence-electron chi connectivity index (χ2n) is 6.48. The molecule has 0 aliphatic rings. The number of rotatable bonds is 8. The van der Waals surface area contributed by atoms with Gasteiger partial charge >= 0.3 is 5.97 Å². The Kier molecular flexibility index (Phi) is 6.88. The Morgan fingerprint density at radius 3 is 2.33 bits per heavy atom. The van der Waals surface area contributed by atoms with E-state index in [1.165, 1.54) is 19.3 Å². The Hall–Kier alpha value is -2.33. The second kappa shape index (κ2) is 9.56. The van der Waals surface area contributed by atoms with Crippen LogP contribution in [0.5, 0.6) is 11.5 Å². The van der Waals surface area contributed by atoms with E-state index in [4.69, 9.17) is 9.47 Å². The van der Waals surface area contributed by atoms with Crippen LogP contribution in [0.15, 0.2) is 65.1 Å². The van der Waals surface area contributed by atoms with Gasteiger partial charge in [0.1, 0.15) is 11.5 Å². The first-order chi connectivity index (χ1) is 13.2. The zero-order chi connectivity index (χ0) is 19.1. The van der Waals surface area contributed by atoms with Gasteiger partial charge in [0.05, 0.1) is 12.2 Å². The summed E-state index contributed by atoms with van der Waals surface area (Å²) in [5.74, 6) is 0.936. The minimum Gasteiger partial charge on any atom is -0.494 e. The minimum absolute atomic E-state index is 0.374. The molecule has 0 aromatic heterocycles. The van der Waals surface area contributed by atoms with Gasteiger partial charge in [0.2, 0.25) is 0 Å². The molecule has 0 radical (unpaired) electrons. The predicted molar refractivity (Wildman–Crippen MR) is 113 cm³/mol. The summed E-state index contributed by atoms with van der Waals surface area (Å²) in [6.07, 6.45) is 4.69. The molecule has 0 saturated carbocycles. The van der Waals surface area contributed by atoms with Crippen molar-refractivity contribution in [3.05, 3.63) is 70.7 Å². The molecule has 3 aromatic carbocycles. The predicted octanol–water partition coefficient (Wildman–Crippen LogP) is 6.78. The van der Waals surface area contributed by atoms with Crippen LogP contribution in [0.4, 0.5) is 0 Å². The van der Waals surface area contributed by atoms with Crippen molar-refractivity contribution in [1.29, 1.82) is 0 Å². The van der Waals surface area contributed by atoms with E-state index in [-0.39, 0.29) is 5.97 Å². The highest BCUT2D eigenvalue weighted by atomic mass is 79.9. The van der Waals surface area contributed by atoms with E-state index in [0.29, 0.717) is 17.9 Å². The normalized spacial score (nSPS) is 10.7. The van der Waals surface area contributed by atoms with Gasteiger partial charge in [-0.3, -0.25) is 0 Å². The summed E-state index contributed by atoms with van der Waals surface area (Å²) in [6, 6.07) is 18.7. The highest BCUT2D eigenvalue weighted by Crippen LogP contribution is 2.25. The molecule has 3 rings (SSSR count). The van der Waals surface area contributed by atoms with Crippen molar-refractivity contribution in [3.8, 4) is 11.5 Å². The van der Waals surface area contributed by atoms with Crippen molar-refractivity contribution in [2.24, 2.45) is 0 Å². The standard InChI is InChI=1S/C23H23BrO3/c1-2-3-4-5-14-26-21-11-7-17(8-12-21)23(25)27-22-13-9-18-15-20(24)10-6-19(18)16-22/h6-13,15-16H,2-5,14H2,1H3. The molecule has 3 aromatic rings. The smallest absolute Gasteiger partial charge is 0.343 e. The number of benzene rings is 3. The molecule has 0 spiro atoms. The highest BCUT2D eigenvalue weighted by Gasteiger charge is 2.09. The fraction of sp³-hybridized carbons (Fsp3) is 0.261. The zero-order valence-electron chi connectivity index (χ0n) is 15.4. The third kappa shape index (κ3) is 5.57. The molecule has 140 valence electrons. The van der Waals surface area contributed by atoms with Crippen LogP contribution < -0.4 is 9.47 Å².